The Morgan fingerprint density at radius 2 is 0.938 bits per heavy atom. The molecule has 0 spiro atoms. The highest BCUT2D eigenvalue weighted by Crippen LogP contribution is 2.31. The molecule has 2 fully saturated rings. The number of likely N-dealkylation sites (tertiary alicyclic amines) is 1. The minimum Gasteiger partial charge on any atom is -0.496 e. The second kappa shape index (κ2) is 23.2. The van der Waals surface area contributed by atoms with Crippen LogP contribution in [0.15, 0.2) is 72.8 Å². The van der Waals surface area contributed by atoms with Crippen LogP contribution in [-0.4, -0.2) is 90.9 Å². The number of amides is 3. The number of methoxy groups -OCH3 is 2. The van der Waals surface area contributed by atoms with Crippen LogP contribution in [0.3, 0.4) is 0 Å². The van der Waals surface area contributed by atoms with Gasteiger partial charge in [-0.3, -0.25) is 28.8 Å². The standard InChI is InChI=1S/C25H30N2O4.C23H28N2O3.C2H3ClO.CH4/c1-16-13-17(2)15-20(14-16)23(29)25(9-11-27(12-10-25)19(4)28)26-24(30)21-7-6-8-22(31-5)18(21)3;1-15-12-16(2)14-18(13-15)21(26)23(8-10-24-11-9-23)25-22(27)19-6-5-7-20(28-4)17(19)3;1-2(3)4;/h6-8,13-15H,9-12H2,1-5H3,(H,26,30);5-7,12-14,24H,8-11H2,1-4H3,(H,25,27);1H3;1H4. The van der Waals surface area contributed by atoms with Crippen molar-refractivity contribution in [3.63, 3.8) is 0 Å². The molecule has 2 saturated heterocycles. The van der Waals surface area contributed by atoms with Crippen LogP contribution in [0, 0.1) is 41.5 Å². The first-order chi connectivity index (χ1) is 29.8. The van der Waals surface area contributed by atoms with Gasteiger partial charge in [0.2, 0.25) is 11.1 Å². The highest BCUT2D eigenvalue weighted by molar-refractivity contribution is 6.62. The fourth-order valence-corrected chi connectivity index (χ4v) is 8.37. The molecule has 6 rings (SSSR count). The van der Waals surface area contributed by atoms with E-state index in [1.54, 1.807) is 49.5 Å². The summed E-state index contributed by atoms with van der Waals surface area (Å²) in [5.74, 6) is 0.566. The average molecular weight is 898 g/mol. The molecule has 2 aliphatic rings. The Labute approximate surface area is 383 Å². The summed E-state index contributed by atoms with van der Waals surface area (Å²) in [6, 6.07) is 22.3. The predicted octanol–water partition coefficient (Wildman–Crippen LogP) is 8.38. The number of ketones is 2. The number of aryl methyl sites for hydroxylation is 4. The monoisotopic (exact) mass is 896 g/mol. The van der Waals surface area contributed by atoms with Gasteiger partial charge < -0.3 is 30.3 Å². The highest BCUT2D eigenvalue weighted by atomic mass is 35.5. The fraction of sp³-hybridized carbons (Fsp3) is 0.412. The third kappa shape index (κ3) is 13.1. The first kappa shape index (κ1) is 52.5. The number of carbonyl (C=O) groups is 6. The number of rotatable bonds is 10. The first-order valence-corrected chi connectivity index (χ1v) is 21.4. The van der Waals surface area contributed by atoms with Gasteiger partial charge in [0, 0.05) is 60.3 Å². The molecular weight excluding hydrogens is 832 g/mol. The zero-order valence-electron chi connectivity index (χ0n) is 38.2. The topological polar surface area (TPSA) is 160 Å². The third-order valence-electron chi connectivity index (χ3n) is 11.6. The number of ether oxygens (including phenoxy) is 2. The number of nitrogens with one attached hydrogen (secondary N) is 3. The van der Waals surface area contributed by atoms with Crippen molar-refractivity contribution < 1.29 is 38.2 Å². The van der Waals surface area contributed by atoms with Gasteiger partial charge in [-0.1, -0.05) is 53.9 Å². The number of hydrogen-bond donors (Lipinski definition) is 3. The van der Waals surface area contributed by atoms with Gasteiger partial charge in [0.1, 0.15) is 22.6 Å². The maximum atomic E-state index is 13.7. The van der Waals surface area contributed by atoms with Gasteiger partial charge in [-0.15, -0.1) is 0 Å². The lowest BCUT2D eigenvalue weighted by Gasteiger charge is -2.41. The van der Waals surface area contributed by atoms with Crippen molar-refractivity contribution in [1.82, 2.24) is 20.9 Å². The van der Waals surface area contributed by atoms with Crippen LogP contribution in [0.25, 0.3) is 0 Å². The second-order valence-electron chi connectivity index (χ2n) is 16.5. The van der Waals surface area contributed by atoms with Gasteiger partial charge in [-0.25, -0.2) is 0 Å². The lowest BCUT2D eigenvalue weighted by molar-refractivity contribution is -0.130. The van der Waals surface area contributed by atoms with Crippen LogP contribution in [-0.2, 0) is 9.59 Å². The number of Topliss-reactive ketones (excluding diaryl/α,β-unsaturated/α-hetero) is 2. The summed E-state index contributed by atoms with van der Waals surface area (Å²) in [6.45, 7) is 16.6. The van der Waals surface area contributed by atoms with E-state index in [9.17, 15) is 28.8 Å². The minimum absolute atomic E-state index is 0. The molecule has 0 aromatic heterocycles. The molecule has 0 aliphatic carbocycles. The SMILES string of the molecule is C.CC(=O)Cl.COc1cccc(C(=O)NC2(C(=O)c3cc(C)cc(C)c3)CCN(C(C)=O)CC2)c1C.COc1cccc(C(=O)NC2(C(=O)c3cc(C)cc(C)c3)CCNCC2)c1C. The van der Waals surface area contributed by atoms with Crippen molar-refractivity contribution in [2.75, 3.05) is 40.4 Å². The Morgan fingerprint density at radius 1 is 0.594 bits per heavy atom. The molecule has 4 aromatic rings. The van der Waals surface area contributed by atoms with E-state index >= 15 is 0 Å². The smallest absolute Gasteiger partial charge is 0.252 e. The summed E-state index contributed by atoms with van der Waals surface area (Å²) in [4.78, 5) is 76.5. The van der Waals surface area contributed by atoms with E-state index in [0.29, 0.717) is 85.6 Å². The Bertz CT molecular complexity index is 2300. The summed E-state index contributed by atoms with van der Waals surface area (Å²) < 4.78 is 10.7. The van der Waals surface area contributed by atoms with Gasteiger partial charge in [-0.05, 0) is 140 Å². The van der Waals surface area contributed by atoms with Crippen LogP contribution in [0.5, 0.6) is 11.5 Å². The molecule has 64 heavy (non-hydrogen) atoms. The van der Waals surface area contributed by atoms with Crippen LogP contribution < -0.4 is 25.4 Å². The van der Waals surface area contributed by atoms with Gasteiger partial charge in [-0.2, -0.15) is 0 Å². The van der Waals surface area contributed by atoms with Gasteiger partial charge in [0.15, 0.2) is 11.6 Å². The van der Waals surface area contributed by atoms with E-state index in [-0.39, 0.29) is 42.0 Å². The van der Waals surface area contributed by atoms with E-state index in [4.69, 9.17) is 9.47 Å². The number of carbonyl (C=O) groups excluding carboxylic acids is 6. The van der Waals surface area contributed by atoms with Crippen LogP contribution >= 0.6 is 11.6 Å². The molecule has 0 unspecified atom stereocenters. The van der Waals surface area contributed by atoms with Gasteiger partial charge >= 0.3 is 0 Å². The van der Waals surface area contributed by atoms with Crippen molar-refractivity contribution in [3.8, 4) is 11.5 Å². The second-order valence-corrected chi connectivity index (χ2v) is 17.0. The number of piperidine rings is 2. The summed E-state index contributed by atoms with van der Waals surface area (Å²) in [5, 5.41) is 9.08. The van der Waals surface area contributed by atoms with Crippen LogP contribution in [0.2, 0.25) is 0 Å². The van der Waals surface area contributed by atoms with Crippen molar-refractivity contribution in [1.29, 1.82) is 0 Å². The number of halogens is 1. The van der Waals surface area contributed by atoms with Crippen molar-refractivity contribution in [2.45, 2.75) is 99.6 Å². The van der Waals surface area contributed by atoms with Crippen LogP contribution in [0.1, 0.15) is 122 Å². The van der Waals surface area contributed by atoms with Gasteiger partial charge in [0.25, 0.3) is 11.8 Å². The Kier molecular flexibility index (Phi) is 19.0. The molecule has 0 radical (unpaired) electrons. The van der Waals surface area contributed by atoms with Crippen molar-refractivity contribution >= 4 is 46.1 Å². The molecule has 344 valence electrons. The predicted molar refractivity (Wildman–Crippen MR) is 253 cm³/mol. The molecule has 0 saturated carbocycles. The molecule has 4 aromatic carbocycles. The average Bonchev–Trinajstić information content (AvgIpc) is 3.23. The minimum atomic E-state index is -1.07. The zero-order chi connectivity index (χ0) is 46.6. The Morgan fingerprint density at radius 3 is 1.27 bits per heavy atom. The van der Waals surface area contributed by atoms with Crippen LogP contribution in [0.4, 0.5) is 0 Å². The molecule has 12 nitrogen and oxygen atoms in total. The van der Waals surface area contributed by atoms with E-state index in [2.05, 4.69) is 27.6 Å². The van der Waals surface area contributed by atoms with E-state index < -0.39 is 11.1 Å². The largest absolute Gasteiger partial charge is 0.496 e. The number of nitrogens with zero attached hydrogens (tertiary/aromatic N) is 1. The summed E-state index contributed by atoms with van der Waals surface area (Å²) in [6.07, 6.45) is 1.86. The van der Waals surface area contributed by atoms with E-state index in [0.717, 1.165) is 33.4 Å². The van der Waals surface area contributed by atoms with Crippen molar-refractivity contribution in [3.05, 3.63) is 128 Å². The highest BCUT2D eigenvalue weighted by Gasteiger charge is 2.44. The summed E-state index contributed by atoms with van der Waals surface area (Å²) >= 11 is 4.64. The van der Waals surface area contributed by atoms with E-state index in [1.165, 1.54) is 13.8 Å². The maximum Gasteiger partial charge on any atom is 0.252 e. The van der Waals surface area contributed by atoms with E-state index in [1.807, 2.05) is 84.0 Å². The molecule has 3 N–H and O–H groups in total. The summed E-state index contributed by atoms with van der Waals surface area (Å²) in [7, 11) is 3.15. The molecule has 13 heteroatoms. The Balaban J connectivity index is 0.000000311. The number of benzene rings is 4. The molecule has 3 amide bonds. The Hall–Kier alpha value is -5.85. The normalized spacial score (nSPS) is 14.7. The third-order valence-corrected chi connectivity index (χ3v) is 11.6. The molecule has 2 heterocycles. The first-order valence-electron chi connectivity index (χ1n) is 21.1. The molecule has 0 atom stereocenters. The van der Waals surface area contributed by atoms with Crippen molar-refractivity contribution in [2.24, 2.45) is 0 Å². The molecule has 2 aliphatic heterocycles. The summed E-state index contributed by atoms with van der Waals surface area (Å²) in [5.41, 5.74) is 5.83. The zero-order valence-corrected chi connectivity index (χ0v) is 38.9. The molecular formula is C51H65ClN4O8. The quantitative estimate of drug-likeness (QED) is 0.105. The number of hydrogen-bond acceptors (Lipinski definition) is 9. The fourth-order valence-electron chi connectivity index (χ4n) is 8.37. The molecule has 0 bridgehead atoms. The lowest BCUT2D eigenvalue weighted by atomic mass is 9.79. The maximum absolute atomic E-state index is 13.7. The van der Waals surface area contributed by atoms with Gasteiger partial charge in [0.05, 0.1) is 14.2 Å². The lowest BCUT2D eigenvalue weighted by Crippen LogP contribution is -2.60.